The van der Waals surface area contributed by atoms with E-state index in [1.165, 1.54) is 17.4 Å². The number of rotatable bonds is 8. The van der Waals surface area contributed by atoms with Gasteiger partial charge in [0.25, 0.3) is 0 Å². The molecule has 2 N–H and O–H groups in total. The molecule has 0 aliphatic carbocycles. The van der Waals surface area contributed by atoms with Gasteiger partial charge in [-0.3, -0.25) is 24.6 Å². The highest BCUT2D eigenvalue weighted by atomic mass is 32.2. The molecular weight excluding hydrogens is 565 g/mol. The SMILES string of the molecule is CC(C)(C)c1cnc(CSc2cnc(NC(=O)C3CCN(Cc4ccc(C5CCC(=O)NC5=O)c(F)c4)CC3)s2)o1. The first kappa shape index (κ1) is 29.4. The maximum absolute atomic E-state index is 14.9. The predicted octanol–water partition coefficient (Wildman–Crippen LogP) is 5.23. The van der Waals surface area contributed by atoms with Gasteiger partial charge in [-0.15, -0.1) is 11.8 Å². The number of oxazole rings is 1. The van der Waals surface area contributed by atoms with Crippen LogP contribution < -0.4 is 10.6 Å². The van der Waals surface area contributed by atoms with Gasteiger partial charge in [-0.1, -0.05) is 44.2 Å². The van der Waals surface area contributed by atoms with Crippen molar-refractivity contribution in [3.63, 3.8) is 0 Å². The highest BCUT2D eigenvalue weighted by Crippen LogP contribution is 2.33. The Kier molecular flexibility index (Phi) is 8.91. The Bertz CT molecular complexity index is 1420. The Balaban J connectivity index is 1.07. The molecule has 5 rings (SSSR count). The van der Waals surface area contributed by atoms with Gasteiger partial charge in [0.05, 0.1) is 28.3 Å². The fourth-order valence-corrected chi connectivity index (χ4v) is 6.73. The number of carbonyl (C=O) groups is 3. The van der Waals surface area contributed by atoms with Crippen molar-refractivity contribution >= 4 is 46.0 Å². The van der Waals surface area contributed by atoms with Crippen molar-refractivity contribution in [2.75, 3.05) is 18.4 Å². The largest absolute Gasteiger partial charge is 0.444 e. The zero-order valence-corrected chi connectivity index (χ0v) is 25.0. The van der Waals surface area contributed by atoms with Crippen LogP contribution in [0.2, 0.25) is 0 Å². The topological polar surface area (TPSA) is 117 Å². The van der Waals surface area contributed by atoms with Crippen molar-refractivity contribution in [2.24, 2.45) is 5.92 Å². The number of aromatic nitrogens is 2. The lowest BCUT2D eigenvalue weighted by Crippen LogP contribution is -2.39. The Labute approximate surface area is 246 Å². The number of halogens is 1. The summed E-state index contributed by atoms with van der Waals surface area (Å²) in [6.45, 7) is 8.26. The normalized spacial score (nSPS) is 18.9. The van der Waals surface area contributed by atoms with Crippen LogP contribution in [0.3, 0.4) is 0 Å². The van der Waals surface area contributed by atoms with E-state index in [0.29, 0.717) is 48.1 Å². The third-order valence-corrected chi connectivity index (χ3v) is 9.48. The minimum atomic E-state index is -0.641. The average molecular weight is 600 g/mol. The molecule has 2 saturated heterocycles. The third-order valence-electron chi connectivity index (χ3n) is 7.39. The van der Waals surface area contributed by atoms with E-state index in [9.17, 15) is 18.8 Å². The van der Waals surface area contributed by atoms with Gasteiger partial charge in [0.1, 0.15) is 11.6 Å². The van der Waals surface area contributed by atoms with E-state index >= 15 is 0 Å². The number of thiazole rings is 1. The molecule has 3 amide bonds. The van der Waals surface area contributed by atoms with Gasteiger partial charge in [0.15, 0.2) is 5.13 Å². The van der Waals surface area contributed by atoms with Crippen molar-refractivity contribution in [1.29, 1.82) is 0 Å². The molecule has 12 heteroatoms. The summed E-state index contributed by atoms with van der Waals surface area (Å²) in [5.41, 5.74) is 1.05. The van der Waals surface area contributed by atoms with Gasteiger partial charge < -0.3 is 9.73 Å². The molecule has 0 saturated carbocycles. The van der Waals surface area contributed by atoms with E-state index in [1.54, 1.807) is 30.2 Å². The van der Waals surface area contributed by atoms with Crippen LogP contribution in [0, 0.1) is 11.7 Å². The molecule has 1 unspecified atom stereocenters. The van der Waals surface area contributed by atoms with Crippen LogP contribution in [0.4, 0.5) is 9.52 Å². The summed E-state index contributed by atoms with van der Waals surface area (Å²) in [5.74, 6) is 0.142. The second-order valence-electron chi connectivity index (χ2n) is 11.5. The number of carbonyl (C=O) groups excluding carboxylic acids is 3. The van der Waals surface area contributed by atoms with Gasteiger partial charge in [-0.05, 0) is 44.0 Å². The van der Waals surface area contributed by atoms with Crippen LogP contribution in [0.25, 0.3) is 0 Å². The molecule has 3 aromatic rings. The standard InChI is InChI=1S/C29H34FN5O4S2/c1-29(2,3)22-13-31-24(39-22)16-40-25-14-32-28(41-25)34-26(37)18-8-10-35(11-9-18)15-17-4-5-19(21(30)12-17)20-6-7-23(36)33-27(20)38/h4-5,12-14,18,20H,6-11,15-16H2,1-3H3,(H,32,34,37)(H,33,36,38). The van der Waals surface area contributed by atoms with E-state index in [-0.39, 0.29) is 29.6 Å². The van der Waals surface area contributed by atoms with E-state index in [1.807, 2.05) is 6.07 Å². The lowest BCUT2D eigenvalue weighted by molar-refractivity contribution is -0.134. The number of likely N-dealkylation sites (tertiary alicyclic amines) is 1. The highest BCUT2D eigenvalue weighted by Gasteiger charge is 2.30. The molecule has 0 bridgehead atoms. The molecular formula is C29H34FN5O4S2. The van der Waals surface area contributed by atoms with Crippen molar-refractivity contribution in [2.45, 2.75) is 74.3 Å². The fraction of sp³-hybridized carbons (Fsp3) is 0.483. The number of anilines is 1. The Morgan fingerprint density at radius 2 is 1.98 bits per heavy atom. The summed E-state index contributed by atoms with van der Waals surface area (Å²) in [7, 11) is 0. The summed E-state index contributed by atoms with van der Waals surface area (Å²) in [6.07, 6.45) is 5.47. The zero-order chi connectivity index (χ0) is 29.1. The van der Waals surface area contributed by atoms with E-state index in [0.717, 1.165) is 28.6 Å². The third kappa shape index (κ3) is 7.41. The molecule has 2 aromatic heterocycles. The first-order valence-corrected chi connectivity index (χ1v) is 15.5. The van der Waals surface area contributed by atoms with Crippen molar-refractivity contribution in [3.05, 3.63) is 59.2 Å². The number of amides is 3. The maximum Gasteiger partial charge on any atom is 0.234 e. The molecule has 218 valence electrons. The summed E-state index contributed by atoms with van der Waals surface area (Å²) in [6, 6.07) is 4.96. The summed E-state index contributed by atoms with van der Waals surface area (Å²) >= 11 is 3.01. The second kappa shape index (κ2) is 12.4. The number of hydrogen-bond acceptors (Lipinski definition) is 9. The van der Waals surface area contributed by atoms with E-state index < -0.39 is 17.6 Å². The lowest BCUT2D eigenvalue weighted by Gasteiger charge is -2.31. The number of piperidine rings is 2. The van der Waals surface area contributed by atoms with Crippen molar-refractivity contribution in [3.8, 4) is 0 Å². The quantitative estimate of drug-likeness (QED) is 0.267. The van der Waals surface area contributed by atoms with Gasteiger partial charge >= 0.3 is 0 Å². The molecule has 0 spiro atoms. The van der Waals surface area contributed by atoms with Crippen LogP contribution in [0.1, 0.15) is 75.2 Å². The maximum atomic E-state index is 14.9. The highest BCUT2D eigenvalue weighted by molar-refractivity contribution is 8.00. The van der Waals surface area contributed by atoms with E-state index in [2.05, 4.69) is 46.3 Å². The first-order chi connectivity index (χ1) is 19.5. The smallest absolute Gasteiger partial charge is 0.234 e. The van der Waals surface area contributed by atoms with Crippen LogP contribution in [-0.4, -0.2) is 45.7 Å². The minimum Gasteiger partial charge on any atom is -0.444 e. The van der Waals surface area contributed by atoms with Crippen LogP contribution >= 0.6 is 23.1 Å². The van der Waals surface area contributed by atoms with Crippen LogP contribution in [-0.2, 0) is 32.1 Å². The molecule has 1 aromatic carbocycles. The van der Waals surface area contributed by atoms with Crippen LogP contribution in [0.5, 0.6) is 0 Å². The molecule has 41 heavy (non-hydrogen) atoms. The van der Waals surface area contributed by atoms with Crippen molar-refractivity contribution < 1.29 is 23.2 Å². The Hall–Kier alpha value is -3.09. The monoisotopic (exact) mass is 599 g/mol. The fourth-order valence-electron chi connectivity index (χ4n) is 5.00. The minimum absolute atomic E-state index is 0.0299. The predicted molar refractivity (Wildman–Crippen MR) is 155 cm³/mol. The van der Waals surface area contributed by atoms with Crippen LogP contribution in [0.15, 0.2) is 39.2 Å². The van der Waals surface area contributed by atoms with Crippen molar-refractivity contribution in [1.82, 2.24) is 20.2 Å². The number of thioether (sulfide) groups is 1. The van der Waals surface area contributed by atoms with Gasteiger partial charge in [-0.25, -0.2) is 14.4 Å². The molecule has 2 aliphatic rings. The molecule has 0 radical (unpaired) electrons. The average Bonchev–Trinajstić information content (AvgIpc) is 3.58. The Morgan fingerprint density at radius 1 is 1.20 bits per heavy atom. The lowest BCUT2D eigenvalue weighted by atomic mass is 9.89. The zero-order valence-electron chi connectivity index (χ0n) is 23.4. The molecule has 2 aliphatic heterocycles. The molecule has 1 atom stereocenters. The molecule has 2 fully saturated rings. The van der Waals surface area contributed by atoms with Gasteiger partial charge in [0.2, 0.25) is 23.6 Å². The first-order valence-electron chi connectivity index (χ1n) is 13.7. The number of nitrogens with one attached hydrogen (secondary N) is 2. The number of hydrogen-bond donors (Lipinski definition) is 2. The van der Waals surface area contributed by atoms with Gasteiger partial charge in [0, 0.05) is 29.9 Å². The number of benzene rings is 1. The second-order valence-corrected chi connectivity index (χ2v) is 13.8. The summed E-state index contributed by atoms with van der Waals surface area (Å²) in [4.78, 5) is 47.3. The van der Waals surface area contributed by atoms with E-state index in [4.69, 9.17) is 4.42 Å². The Morgan fingerprint density at radius 3 is 2.66 bits per heavy atom. The molecule has 4 heterocycles. The summed E-state index contributed by atoms with van der Waals surface area (Å²) < 4.78 is 21.7. The number of imide groups is 1. The molecule has 9 nitrogen and oxygen atoms in total. The number of nitrogens with zero attached hydrogens (tertiary/aromatic N) is 3. The van der Waals surface area contributed by atoms with Gasteiger partial charge in [-0.2, -0.15) is 0 Å². The summed E-state index contributed by atoms with van der Waals surface area (Å²) in [5, 5.41) is 5.83.